The summed E-state index contributed by atoms with van der Waals surface area (Å²) in [6, 6.07) is 20.0. The highest BCUT2D eigenvalue weighted by Crippen LogP contribution is 2.44. The zero-order valence-electron chi connectivity index (χ0n) is 13.5. The van der Waals surface area contributed by atoms with Gasteiger partial charge < -0.3 is 4.74 Å². The molecule has 0 atom stereocenters. The van der Waals surface area contributed by atoms with Crippen LogP contribution in [0.15, 0.2) is 72.3 Å². The summed E-state index contributed by atoms with van der Waals surface area (Å²) in [5.74, 6) is -0.206. The van der Waals surface area contributed by atoms with Crippen molar-refractivity contribution in [1.82, 2.24) is 0 Å². The molecule has 0 amide bonds. The smallest absolute Gasteiger partial charge is 0.325 e. The van der Waals surface area contributed by atoms with Gasteiger partial charge >= 0.3 is 5.97 Å². The molecule has 2 nitrogen and oxygen atoms in total. The first-order valence-electron chi connectivity index (χ1n) is 8.19. The van der Waals surface area contributed by atoms with E-state index >= 15 is 0 Å². The van der Waals surface area contributed by atoms with Gasteiger partial charge in [-0.15, -0.1) is 0 Å². The minimum absolute atomic E-state index is 0.206. The summed E-state index contributed by atoms with van der Waals surface area (Å²) in [6.45, 7) is 0. The van der Waals surface area contributed by atoms with Gasteiger partial charge in [0.05, 0.1) is 7.11 Å². The Morgan fingerprint density at radius 3 is 1.91 bits per heavy atom. The van der Waals surface area contributed by atoms with Crippen LogP contribution in [0.4, 0.5) is 0 Å². The van der Waals surface area contributed by atoms with Crippen LogP contribution < -0.4 is 0 Å². The van der Waals surface area contributed by atoms with E-state index in [1.807, 2.05) is 60.7 Å². The number of hydrogen-bond acceptors (Lipinski definition) is 2. The van der Waals surface area contributed by atoms with Crippen molar-refractivity contribution in [2.75, 3.05) is 7.11 Å². The Morgan fingerprint density at radius 2 is 1.48 bits per heavy atom. The van der Waals surface area contributed by atoms with Gasteiger partial charge in [0.25, 0.3) is 0 Å². The van der Waals surface area contributed by atoms with Gasteiger partial charge in [0, 0.05) is 0 Å². The normalized spacial score (nSPS) is 14.9. The monoisotopic (exact) mass is 306 g/mol. The van der Waals surface area contributed by atoms with Crippen LogP contribution in [0.25, 0.3) is 0 Å². The molecule has 0 bridgehead atoms. The molecule has 23 heavy (non-hydrogen) atoms. The van der Waals surface area contributed by atoms with Crippen LogP contribution in [0.2, 0.25) is 0 Å². The fraction of sp³-hybridized carbons (Fsp3) is 0.286. The highest BCUT2D eigenvalue weighted by molar-refractivity contribution is 5.92. The second-order valence-electron chi connectivity index (χ2n) is 5.95. The third-order valence-electron chi connectivity index (χ3n) is 4.68. The standard InChI is InChI=1S/C21H22O2/c1-23-20(22)21(17-11-5-2-6-12-17,18-13-7-3-8-14-18)19-15-9-4-10-16-19/h2-3,5-8,11-15H,4,9-10,16H2,1H3. The highest BCUT2D eigenvalue weighted by atomic mass is 16.5. The van der Waals surface area contributed by atoms with Crippen LogP contribution in [0.1, 0.15) is 36.8 Å². The van der Waals surface area contributed by atoms with Gasteiger partial charge in [-0.3, -0.25) is 4.79 Å². The van der Waals surface area contributed by atoms with E-state index in [0.29, 0.717) is 0 Å². The number of carbonyl (C=O) groups is 1. The molecule has 0 aromatic heterocycles. The Balaban J connectivity index is 2.30. The predicted octanol–water partition coefficient (Wildman–Crippen LogP) is 4.65. The van der Waals surface area contributed by atoms with Crippen molar-refractivity contribution in [1.29, 1.82) is 0 Å². The molecule has 2 aromatic carbocycles. The minimum Gasteiger partial charge on any atom is -0.468 e. The maximum atomic E-state index is 13.1. The maximum Gasteiger partial charge on any atom is 0.325 e. The number of hydrogen-bond donors (Lipinski definition) is 0. The predicted molar refractivity (Wildman–Crippen MR) is 92.2 cm³/mol. The summed E-state index contributed by atoms with van der Waals surface area (Å²) in [4.78, 5) is 13.1. The summed E-state index contributed by atoms with van der Waals surface area (Å²) in [7, 11) is 1.48. The van der Waals surface area contributed by atoms with E-state index in [4.69, 9.17) is 4.74 Å². The van der Waals surface area contributed by atoms with Crippen LogP contribution in [0, 0.1) is 0 Å². The van der Waals surface area contributed by atoms with Gasteiger partial charge in [0.2, 0.25) is 0 Å². The van der Waals surface area contributed by atoms with Crippen molar-refractivity contribution in [3.63, 3.8) is 0 Å². The summed E-state index contributed by atoms with van der Waals surface area (Å²) in [5, 5.41) is 0. The first kappa shape index (κ1) is 15.5. The average molecular weight is 306 g/mol. The molecular formula is C21H22O2. The number of carbonyl (C=O) groups excluding carboxylic acids is 1. The molecule has 0 unspecified atom stereocenters. The molecule has 0 radical (unpaired) electrons. The number of benzene rings is 2. The highest BCUT2D eigenvalue weighted by Gasteiger charge is 2.46. The Bertz CT molecular complexity index is 647. The largest absolute Gasteiger partial charge is 0.468 e. The molecule has 1 aliphatic carbocycles. The lowest BCUT2D eigenvalue weighted by molar-refractivity contribution is -0.144. The topological polar surface area (TPSA) is 26.3 Å². The van der Waals surface area contributed by atoms with Crippen LogP contribution in [0.5, 0.6) is 0 Å². The van der Waals surface area contributed by atoms with Crippen molar-refractivity contribution < 1.29 is 9.53 Å². The molecule has 2 heteroatoms. The molecule has 3 rings (SSSR count). The minimum atomic E-state index is -0.836. The van der Waals surface area contributed by atoms with Gasteiger partial charge in [-0.05, 0) is 42.4 Å². The SMILES string of the molecule is COC(=O)C(C1=CCCCC1)(c1ccccc1)c1ccccc1. The first-order valence-corrected chi connectivity index (χ1v) is 8.19. The lowest BCUT2D eigenvalue weighted by Gasteiger charge is -2.36. The zero-order valence-corrected chi connectivity index (χ0v) is 13.5. The van der Waals surface area contributed by atoms with E-state index in [1.165, 1.54) is 13.5 Å². The van der Waals surface area contributed by atoms with E-state index in [2.05, 4.69) is 6.08 Å². The first-order chi connectivity index (χ1) is 11.3. The lowest BCUT2D eigenvalue weighted by atomic mass is 9.66. The van der Waals surface area contributed by atoms with Gasteiger partial charge in [-0.25, -0.2) is 0 Å². The molecule has 118 valence electrons. The van der Waals surface area contributed by atoms with Crippen molar-refractivity contribution in [2.24, 2.45) is 0 Å². The lowest BCUT2D eigenvalue weighted by Crippen LogP contribution is -2.40. The summed E-state index contributed by atoms with van der Waals surface area (Å²) in [5.41, 5.74) is 2.28. The maximum absolute atomic E-state index is 13.1. The summed E-state index contributed by atoms with van der Waals surface area (Å²) >= 11 is 0. The molecule has 0 saturated carbocycles. The fourth-order valence-corrected chi connectivity index (χ4v) is 3.61. The van der Waals surface area contributed by atoms with E-state index in [9.17, 15) is 4.79 Å². The number of methoxy groups -OCH3 is 1. The van der Waals surface area contributed by atoms with Crippen LogP contribution >= 0.6 is 0 Å². The van der Waals surface area contributed by atoms with Gasteiger partial charge in [-0.1, -0.05) is 66.7 Å². The number of allylic oxidation sites excluding steroid dienone is 1. The molecule has 0 heterocycles. The van der Waals surface area contributed by atoms with Crippen molar-refractivity contribution in [3.8, 4) is 0 Å². The zero-order chi connectivity index (χ0) is 16.1. The Hall–Kier alpha value is -2.35. The summed E-state index contributed by atoms with van der Waals surface area (Å²) < 4.78 is 5.30. The van der Waals surface area contributed by atoms with E-state index in [1.54, 1.807) is 0 Å². The van der Waals surface area contributed by atoms with E-state index in [-0.39, 0.29) is 5.97 Å². The van der Waals surface area contributed by atoms with Crippen molar-refractivity contribution in [3.05, 3.63) is 83.4 Å². The second-order valence-corrected chi connectivity index (χ2v) is 5.95. The molecular weight excluding hydrogens is 284 g/mol. The van der Waals surface area contributed by atoms with Crippen LogP contribution in [-0.2, 0) is 14.9 Å². The van der Waals surface area contributed by atoms with Gasteiger partial charge in [-0.2, -0.15) is 0 Å². The summed E-state index contributed by atoms with van der Waals surface area (Å²) in [6.07, 6.45) is 6.49. The number of esters is 1. The Morgan fingerprint density at radius 1 is 0.913 bits per heavy atom. The molecule has 0 aliphatic heterocycles. The Kier molecular flexibility index (Phi) is 4.61. The third kappa shape index (κ3) is 2.70. The Labute approximate surface area is 137 Å². The quantitative estimate of drug-likeness (QED) is 0.607. The van der Waals surface area contributed by atoms with Crippen LogP contribution in [0.3, 0.4) is 0 Å². The average Bonchev–Trinajstić information content (AvgIpc) is 2.65. The van der Waals surface area contributed by atoms with Crippen LogP contribution in [-0.4, -0.2) is 13.1 Å². The van der Waals surface area contributed by atoms with E-state index in [0.717, 1.165) is 36.0 Å². The molecule has 0 saturated heterocycles. The molecule has 0 N–H and O–H groups in total. The van der Waals surface area contributed by atoms with Gasteiger partial charge in [0.1, 0.15) is 5.41 Å². The molecule has 1 aliphatic rings. The number of rotatable bonds is 4. The van der Waals surface area contributed by atoms with E-state index < -0.39 is 5.41 Å². The fourth-order valence-electron chi connectivity index (χ4n) is 3.61. The van der Waals surface area contributed by atoms with Crippen molar-refractivity contribution >= 4 is 5.97 Å². The molecule has 0 spiro atoms. The molecule has 0 fully saturated rings. The molecule has 2 aromatic rings. The van der Waals surface area contributed by atoms with Crippen molar-refractivity contribution in [2.45, 2.75) is 31.1 Å². The second kappa shape index (κ2) is 6.82. The third-order valence-corrected chi connectivity index (χ3v) is 4.68. The number of ether oxygens (including phenoxy) is 1. The van der Waals surface area contributed by atoms with Gasteiger partial charge in [0.15, 0.2) is 0 Å².